The Morgan fingerprint density at radius 1 is 1.33 bits per heavy atom. The van der Waals surface area contributed by atoms with E-state index >= 15 is 0 Å². The first kappa shape index (κ1) is 14.1. The topological polar surface area (TPSA) is 34.1 Å². The first-order valence-electron chi connectivity index (χ1n) is 7.72. The van der Waals surface area contributed by atoms with Gasteiger partial charge in [-0.3, -0.25) is 4.98 Å². The van der Waals surface area contributed by atoms with Crippen LogP contribution in [-0.2, 0) is 4.74 Å². The zero-order valence-electron chi connectivity index (χ0n) is 12.7. The fourth-order valence-electron chi connectivity index (χ4n) is 2.86. The quantitative estimate of drug-likeness (QED) is 0.924. The third kappa shape index (κ3) is 2.93. The van der Waals surface area contributed by atoms with E-state index in [0.29, 0.717) is 0 Å². The number of para-hydroxylation sites is 1. The number of pyridine rings is 1. The van der Waals surface area contributed by atoms with E-state index in [1.165, 1.54) is 10.9 Å². The molecule has 0 amide bonds. The molecule has 2 aromatic rings. The molecular formula is C18H22N2O. The van der Waals surface area contributed by atoms with Crippen molar-refractivity contribution in [2.75, 3.05) is 13.2 Å². The summed E-state index contributed by atoms with van der Waals surface area (Å²) in [5.41, 5.74) is 3.35. The standard InChI is InChI=1S/C18H22N2O/c1-3-19-18(17-10-6-7-11-21-17)16-12-13(2)14-8-4-5-9-15(14)20-16/h4-5,8-10,12,18-19H,3,6-7,11H2,1-2H3. The molecule has 0 fully saturated rings. The molecule has 1 aromatic carbocycles. The number of benzene rings is 1. The minimum absolute atomic E-state index is 0.0543. The molecule has 1 aliphatic heterocycles. The van der Waals surface area contributed by atoms with Gasteiger partial charge >= 0.3 is 0 Å². The molecule has 0 bridgehead atoms. The summed E-state index contributed by atoms with van der Waals surface area (Å²) >= 11 is 0. The zero-order valence-corrected chi connectivity index (χ0v) is 12.7. The maximum atomic E-state index is 5.86. The molecule has 0 radical (unpaired) electrons. The minimum atomic E-state index is 0.0543. The Labute approximate surface area is 126 Å². The molecule has 1 aliphatic rings. The second-order valence-electron chi connectivity index (χ2n) is 5.47. The Morgan fingerprint density at radius 3 is 2.95 bits per heavy atom. The van der Waals surface area contributed by atoms with Gasteiger partial charge in [-0.25, -0.2) is 0 Å². The molecule has 3 nitrogen and oxygen atoms in total. The number of hydrogen-bond acceptors (Lipinski definition) is 3. The lowest BCUT2D eigenvalue weighted by atomic mass is 10.0. The molecule has 1 aromatic heterocycles. The van der Waals surface area contributed by atoms with Crippen molar-refractivity contribution in [2.45, 2.75) is 32.7 Å². The van der Waals surface area contributed by atoms with Crippen molar-refractivity contribution < 1.29 is 4.74 Å². The summed E-state index contributed by atoms with van der Waals surface area (Å²) in [6.45, 7) is 5.95. The highest BCUT2D eigenvalue weighted by Crippen LogP contribution is 2.28. The van der Waals surface area contributed by atoms with Crippen LogP contribution in [0.4, 0.5) is 0 Å². The second-order valence-corrected chi connectivity index (χ2v) is 5.47. The minimum Gasteiger partial charge on any atom is -0.496 e. The molecular weight excluding hydrogens is 260 g/mol. The number of allylic oxidation sites excluding steroid dienone is 1. The molecule has 0 saturated heterocycles. The molecule has 0 saturated carbocycles. The SMILES string of the molecule is CCNC(C1=CCCCO1)c1cc(C)c2ccccc2n1. The Balaban J connectivity index is 2.04. The van der Waals surface area contributed by atoms with Gasteiger partial charge in [-0.15, -0.1) is 0 Å². The molecule has 1 atom stereocenters. The van der Waals surface area contributed by atoms with Crippen LogP contribution in [0.3, 0.4) is 0 Å². The average Bonchev–Trinajstić information content (AvgIpc) is 2.53. The van der Waals surface area contributed by atoms with E-state index in [0.717, 1.165) is 43.0 Å². The number of fused-ring (bicyclic) bond motifs is 1. The summed E-state index contributed by atoms with van der Waals surface area (Å²) in [6, 6.07) is 10.5. The summed E-state index contributed by atoms with van der Waals surface area (Å²) in [6.07, 6.45) is 4.39. The van der Waals surface area contributed by atoms with Crippen LogP contribution in [0, 0.1) is 6.92 Å². The van der Waals surface area contributed by atoms with E-state index in [2.05, 4.69) is 49.5 Å². The van der Waals surface area contributed by atoms with Crippen molar-refractivity contribution >= 4 is 10.9 Å². The fraction of sp³-hybridized carbons (Fsp3) is 0.389. The van der Waals surface area contributed by atoms with Crippen LogP contribution in [0.25, 0.3) is 10.9 Å². The van der Waals surface area contributed by atoms with Gasteiger partial charge in [-0.2, -0.15) is 0 Å². The smallest absolute Gasteiger partial charge is 0.115 e. The van der Waals surface area contributed by atoms with Crippen LogP contribution in [0.2, 0.25) is 0 Å². The normalized spacial score (nSPS) is 16.4. The van der Waals surface area contributed by atoms with Crippen molar-refractivity contribution in [3.8, 4) is 0 Å². The van der Waals surface area contributed by atoms with Crippen molar-refractivity contribution in [2.24, 2.45) is 0 Å². The number of nitrogens with zero attached hydrogens (tertiary/aromatic N) is 1. The first-order chi connectivity index (χ1) is 10.3. The summed E-state index contributed by atoms with van der Waals surface area (Å²) in [5.74, 6) is 1.02. The number of aromatic nitrogens is 1. The highest BCUT2D eigenvalue weighted by atomic mass is 16.5. The number of nitrogens with one attached hydrogen (secondary N) is 1. The lowest BCUT2D eigenvalue weighted by Gasteiger charge is -2.24. The number of aryl methyl sites for hydroxylation is 1. The lowest BCUT2D eigenvalue weighted by Crippen LogP contribution is -2.26. The van der Waals surface area contributed by atoms with Crippen molar-refractivity contribution in [1.29, 1.82) is 0 Å². The van der Waals surface area contributed by atoms with Crippen LogP contribution >= 0.6 is 0 Å². The van der Waals surface area contributed by atoms with E-state index in [9.17, 15) is 0 Å². The lowest BCUT2D eigenvalue weighted by molar-refractivity contribution is 0.167. The van der Waals surface area contributed by atoms with E-state index in [4.69, 9.17) is 9.72 Å². The van der Waals surface area contributed by atoms with Crippen molar-refractivity contribution in [1.82, 2.24) is 10.3 Å². The van der Waals surface area contributed by atoms with Gasteiger partial charge in [-0.05, 0) is 50.1 Å². The summed E-state index contributed by atoms with van der Waals surface area (Å²) in [4.78, 5) is 4.85. The van der Waals surface area contributed by atoms with Gasteiger partial charge in [0, 0.05) is 5.39 Å². The van der Waals surface area contributed by atoms with Crippen LogP contribution in [-0.4, -0.2) is 18.1 Å². The van der Waals surface area contributed by atoms with Gasteiger partial charge in [-0.1, -0.05) is 25.1 Å². The van der Waals surface area contributed by atoms with Gasteiger partial charge in [0.05, 0.1) is 17.8 Å². The highest BCUT2D eigenvalue weighted by molar-refractivity contribution is 5.82. The zero-order chi connectivity index (χ0) is 14.7. The van der Waals surface area contributed by atoms with E-state index in [1.807, 2.05) is 6.07 Å². The van der Waals surface area contributed by atoms with Crippen LogP contribution in [0.5, 0.6) is 0 Å². The van der Waals surface area contributed by atoms with Gasteiger partial charge in [0.1, 0.15) is 11.8 Å². The molecule has 21 heavy (non-hydrogen) atoms. The maximum Gasteiger partial charge on any atom is 0.115 e. The summed E-state index contributed by atoms with van der Waals surface area (Å²) in [7, 11) is 0. The van der Waals surface area contributed by atoms with E-state index in [1.54, 1.807) is 0 Å². The third-order valence-electron chi connectivity index (χ3n) is 3.89. The monoisotopic (exact) mass is 282 g/mol. The van der Waals surface area contributed by atoms with Crippen molar-refractivity contribution in [3.63, 3.8) is 0 Å². The second kappa shape index (κ2) is 6.27. The third-order valence-corrected chi connectivity index (χ3v) is 3.89. The number of hydrogen-bond donors (Lipinski definition) is 1. The highest BCUT2D eigenvalue weighted by Gasteiger charge is 2.21. The largest absolute Gasteiger partial charge is 0.496 e. The average molecular weight is 282 g/mol. The van der Waals surface area contributed by atoms with Crippen LogP contribution in [0.1, 0.15) is 37.1 Å². The van der Waals surface area contributed by atoms with Gasteiger partial charge < -0.3 is 10.1 Å². The fourth-order valence-corrected chi connectivity index (χ4v) is 2.86. The van der Waals surface area contributed by atoms with Crippen LogP contribution < -0.4 is 5.32 Å². The molecule has 0 spiro atoms. The number of rotatable bonds is 4. The van der Waals surface area contributed by atoms with E-state index in [-0.39, 0.29) is 6.04 Å². The van der Waals surface area contributed by atoms with Gasteiger partial charge in [0.15, 0.2) is 0 Å². The molecule has 110 valence electrons. The predicted molar refractivity (Wildman–Crippen MR) is 86.2 cm³/mol. The summed E-state index contributed by atoms with van der Waals surface area (Å²) in [5, 5.41) is 4.72. The van der Waals surface area contributed by atoms with Crippen LogP contribution in [0.15, 0.2) is 42.2 Å². The Hall–Kier alpha value is -1.87. The van der Waals surface area contributed by atoms with E-state index < -0.39 is 0 Å². The molecule has 3 heteroatoms. The molecule has 1 N–H and O–H groups in total. The molecule has 3 rings (SSSR count). The van der Waals surface area contributed by atoms with Crippen molar-refractivity contribution in [3.05, 3.63) is 53.4 Å². The molecule has 0 aliphatic carbocycles. The Bertz CT molecular complexity index is 663. The maximum absolute atomic E-state index is 5.86. The van der Waals surface area contributed by atoms with Gasteiger partial charge in [0.25, 0.3) is 0 Å². The first-order valence-corrected chi connectivity index (χ1v) is 7.72. The summed E-state index contributed by atoms with van der Waals surface area (Å²) < 4.78 is 5.86. The molecule has 2 heterocycles. The number of ether oxygens (including phenoxy) is 1. The molecule has 1 unspecified atom stereocenters. The predicted octanol–water partition coefficient (Wildman–Crippen LogP) is 3.89. The number of likely N-dealkylation sites (N-methyl/N-ethyl adjacent to an activating group) is 1. The van der Waals surface area contributed by atoms with Gasteiger partial charge in [0.2, 0.25) is 0 Å². The Kier molecular flexibility index (Phi) is 4.20. The Morgan fingerprint density at radius 2 is 2.19 bits per heavy atom.